The van der Waals surface area contributed by atoms with Gasteiger partial charge in [0, 0.05) is 25.3 Å². The van der Waals surface area contributed by atoms with Gasteiger partial charge in [0.05, 0.1) is 31.1 Å². The Labute approximate surface area is 237 Å². The van der Waals surface area contributed by atoms with Crippen molar-refractivity contribution in [1.82, 2.24) is 4.98 Å². The van der Waals surface area contributed by atoms with E-state index in [2.05, 4.69) is 11.9 Å². The number of aromatic nitrogens is 1. The van der Waals surface area contributed by atoms with E-state index in [1.165, 1.54) is 25.3 Å². The van der Waals surface area contributed by atoms with Crippen molar-refractivity contribution in [3.63, 3.8) is 0 Å². The zero-order chi connectivity index (χ0) is 29.7. The number of amides is 1. The molecule has 2 aromatic rings. The summed E-state index contributed by atoms with van der Waals surface area (Å²) in [4.78, 5) is 32.5. The van der Waals surface area contributed by atoms with Crippen molar-refractivity contribution in [2.24, 2.45) is 11.8 Å². The summed E-state index contributed by atoms with van der Waals surface area (Å²) < 4.78 is 57.2. The number of rotatable bonds is 8. The maximum Gasteiger partial charge on any atom is 0.421 e. The summed E-state index contributed by atoms with van der Waals surface area (Å²) in [5, 5.41) is 9.26. The molecule has 2 aliphatic rings. The van der Waals surface area contributed by atoms with Gasteiger partial charge in [-0.3, -0.25) is 4.79 Å². The van der Waals surface area contributed by atoms with E-state index >= 15 is 0 Å². The quantitative estimate of drug-likeness (QED) is 0.368. The summed E-state index contributed by atoms with van der Waals surface area (Å²) in [5.74, 6) is -1.24. The molecule has 0 atom stereocenters. The number of carbonyl (C=O) groups excluding carboxylic acids is 2. The highest BCUT2D eigenvalue weighted by Crippen LogP contribution is 2.40. The predicted molar refractivity (Wildman–Crippen MR) is 145 cm³/mol. The standard InChI is InChI=1S/C30H37F3N2O6/c1-18-4-6-20(7-5-18)28(37)35(21-8-10-22(39-2)11-9-21)26-13-12-23(15-24(26)29(38)40-3)41-27-25(30(31,32)33)14-19(17-36)16-34-27/h12-16,18,20-22,36H,4-11,17H2,1-3H3. The van der Waals surface area contributed by atoms with E-state index in [4.69, 9.17) is 14.2 Å². The van der Waals surface area contributed by atoms with Crippen LogP contribution < -0.4 is 9.64 Å². The molecule has 1 amide bonds. The Bertz CT molecular complexity index is 1220. The molecule has 0 bridgehead atoms. The molecule has 41 heavy (non-hydrogen) atoms. The lowest BCUT2D eigenvalue weighted by Crippen LogP contribution is -2.47. The molecule has 0 saturated heterocycles. The molecule has 1 N–H and O–H groups in total. The number of benzene rings is 1. The van der Waals surface area contributed by atoms with Crippen molar-refractivity contribution >= 4 is 17.6 Å². The van der Waals surface area contributed by atoms with Crippen molar-refractivity contribution in [3.8, 4) is 11.6 Å². The maximum absolute atomic E-state index is 14.1. The van der Waals surface area contributed by atoms with Crippen LogP contribution in [0.3, 0.4) is 0 Å². The Kier molecular flexibility index (Phi) is 9.91. The fourth-order valence-corrected chi connectivity index (χ4v) is 5.78. The Morgan fingerprint density at radius 2 is 1.71 bits per heavy atom. The second-order valence-electron chi connectivity index (χ2n) is 11.0. The summed E-state index contributed by atoms with van der Waals surface area (Å²) in [6.07, 6.45) is 2.69. The van der Waals surface area contributed by atoms with Gasteiger partial charge in [0.15, 0.2) is 0 Å². The molecule has 11 heteroatoms. The second-order valence-corrected chi connectivity index (χ2v) is 11.0. The van der Waals surface area contributed by atoms with Gasteiger partial charge in [-0.25, -0.2) is 9.78 Å². The van der Waals surface area contributed by atoms with Crippen LogP contribution in [0.15, 0.2) is 30.5 Å². The number of anilines is 1. The Morgan fingerprint density at radius 3 is 2.29 bits per heavy atom. The number of alkyl halides is 3. The fraction of sp³-hybridized carbons (Fsp3) is 0.567. The number of aliphatic hydroxyl groups excluding tert-OH is 1. The van der Waals surface area contributed by atoms with E-state index < -0.39 is 30.2 Å². The Hall–Kier alpha value is -3.18. The maximum atomic E-state index is 14.1. The van der Waals surface area contributed by atoms with Gasteiger partial charge < -0.3 is 24.2 Å². The number of aliphatic hydroxyl groups is 1. The molecule has 0 spiro atoms. The molecule has 4 rings (SSSR count). The number of methoxy groups -OCH3 is 2. The first-order valence-corrected chi connectivity index (χ1v) is 14.0. The first-order valence-electron chi connectivity index (χ1n) is 14.0. The summed E-state index contributed by atoms with van der Waals surface area (Å²) in [7, 11) is 2.87. The van der Waals surface area contributed by atoms with Gasteiger partial charge in [-0.15, -0.1) is 0 Å². The third-order valence-corrected chi connectivity index (χ3v) is 8.19. The minimum absolute atomic E-state index is 0.0110. The Morgan fingerprint density at radius 1 is 1.02 bits per heavy atom. The lowest BCUT2D eigenvalue weighted by atomic mass is 9.81. The molecule has 1 aromatic carbocycles. The molecule has 0 unspecified atom stereocenters. The molecule has 224 valence electrons. The first-order chi connectivity index (χ1) is 19.5. The molecular weight excluding hydrogens is 541 g/mol. The normalized spacial score (nSPS) is 23.1. The van der Waals surface area contributed by atoms with Crippen LogP contribution in [0.4, 0.5) is 18.9 Å². The monoisotopic (exact) mass is 578 g/mol. The molecule has 1 aromatic heterocycles. The van der Waals surface area contributed by atoms with Crippen LogP contribution in [0.1, 0.15) is 79.8 Å². The number of esters is 1. The lowest BCUT2D eigenvalue weighted by molar-refractivity contribution is -0.139. The molecule has 2 aliphatic carbocycles. The third-order valence-electron chi connectivity index (χ3n) is 8.19. The molecule has 1 heterocycles. The molecule has 0 radical (unpaired) electrons. The fourth-order valence-electron chi connectivity index (χ4n) is 5.78. The molecule has 2 fully saturated rings. The Balaban J connectivity index is 1.73. The SMILES string of the molecule is COC(=O)c1cc(Oc2ncc(CO)cc2C(F)(F)F)ccc1N(C(=O)C1CCC(C)CC1)C1CCC(OC)CC1. The predicted octanol–water partition coefficient (Wildman–Crippen LogP) is 6.29. The van der Waals surface area contributed by atoms with Gasteiger partial charge in [-0.05, 0) is 87.1 Å². The van der Waals surface area contributed by atoms with Gasteiger partial charge in [-0.1, -0.05) is 6.92 Å². The van der Waals surface area contributed by atoms with Gasteiger partial charge in [0.25, 0.3) is 0 Å². The van der Waals surface area contributed by atoms with E-state index in [0.29, 0.717) is 24.4 Å². The third kappa shape index (κ3) is 7.19. The molecular formula is C30H37F3N2O6. The van der Waals surface area contributed by atoms with E-state index in [1.54, 1.807) is 12.0 Å². The highest BCUT2D eigenvalue weighted by atomic mass is 19.4. The zero-order valence-electron chi connectivity index (χ0n) is 23.6. The van der Waals surface area contributed by atoms with Crippen molar-refractivity contribution < 1.29 is 42.1 Å². The first kappa shape index (κ1) is 30.8. The topological polar surface area (TPSA) is 98.2 Å². The number of nitrogens with zero attached hydrogens (tertiary/aromatic N) is 2. The van der Waals surface area contributed by atoms with E-state index in [-0.39, 0.29) is 40.8 Å². The largest absolute Gasteiger partial charge is 0.465 e. The van der Waals surface area contributed by atoms with Crippen LogP contribution in [-0.2, 0) is 27.1 Å². The summed E-state index contributed by atoms with van der Waals surface area (Å²) in [6, 6.07) is 4.83. The minimum atomic E-state index is -4.79. The molecule has 0 aliphatic heterocycles. The number of ether oxygens (including phenoxy) is 3. The molecule has 2 saturated carbocycles. The van der Waals surface area contributed by atoms with Crippen LogP contribution in [0, 0.1) is 11.8 Å². The number of hydrogen-bond donors (Lipinski definition) is 1. The summed E-state index contributed by atoms with van der Waals surface area (Å²) in [6.45, 7) is 1.56. The highest BCUT2D eigenvalue weighted by molar-refractivity contribution is 6.04. The van der Waals surface area contributed by atoms with E-state index in [0.717, 1.165) is 50.8 Å². The highest BCUT2D eigenvalue weighted by Gasteiger charge is 2.38. The zero-order valence-corrected chi connectivity index (χ0v) is 23.6. The average molecular weight is 579 g/mol. The van der Waals surface area contributed by atoms with Crippen molar-refractivity contribution in [1.29, 1.82) is 0 Å². The van der Waals surface area contributed by atoms with Crippen molar-refractivity contribution in [2.45, 2.75) is 83.2 Å². The van der Waals surface area contributed by atoms with Crippen LogP contribution in [0.2, 0.25) is 0 Å². The van der Waals surface area contributed by atoms with Crippen LogP contribution in [0.5, 0.6) is 11.6 Å². The lowest BCUT2D eigenvalue weighted by Gasteiger charge is -2.40. The summed E-state index contributed by atoms with van der Waals surface area (Å²) >= 11 is 0. The van der Waals surface area contributed by atoms with E-state index in [1.807, 2.05) is 0 Å². The van der Waals surface area contributed by atoms with E-state index in [9.17, 15) is 27.9 Å². The minimum Gasteiger partial charge on any atom is -0.465 e. The number of halogens is 3. The summed E-state index contributed by atoms with van der Waals surface area (Å²) in [5.41, 5.74) is -0.832. The van der Waals surface area contributed by atoms with Crippen LogP contribution >= 0.6 is 0 Å². The van der Waals surface area contributed by atoms with Gasteiger partial charge in [-0.2, -0.15) is 13.2 Å². The number of carbonyl (C=O) groups is 2. The van der Waals surface area contributed by atoms with Crippen LogP contribution in [-0.4, -0.2) is 48.3 Å². The van der Waals surface area contributed by atoms with Crippen LogP contribution in [0.25, 0.3) is 0 Å². The van der Waals surface area contributed by atoms with Gasteiger partial charge in [0.2, 0.25) is 11.8 Å². The smallest absolute Gasteiger partial charge is 0.421 e. The average Bonchev–Trinajstić information content (AvgIpc) is 2.97. The second kappa shape index (κ2) is 13.2. The number of hydrogen-bond acceptors (Lipinski definition) is 7. The van der Waals surface area contributed by atoms with Gasteiger partial charge in [0.1, 0.15) is 11.3 Å². The van der Waals surface area contributed by atoms with Crippen molar-refractivity contribution in [3.05, 3.63) is 47.2 Å². The number of pyridine rings is 1. The van der Waals surface area contributed by atoms with Crippen molar-refractivity contribution in [2.75, 3.05) is 19.1 Å². The van der Waals surface area contributed by atoms with Gasteiger partial charge >= 0.3 is 12.1 Å². The molecule has 8 nitrogen and oxygen atoms in total.